The van der Waals surface area contributed by atoms with Crippen LogP contribution in [0.2, 0.25) is 0 Å². The summed E-state index contributed by atoms with van der Waals surface area (Å²) in [6, 6.07) is 0.920. The Morgan fingerprint density at radius 2 is 1.94 bits per heavy atom. The summed E-state index contributed by atoms with van der Waals surface area (Å²) < 4.78 is 4.88. The normalized spacial score (nSPS) is 25.3. The second-order valence-electron chi connectivity index (χ2n) is 4.39. The lowest BCUT2D eigenvalue weighted by atomic mass is 10.00. The molecule has 6 heteroatoms. The van der Waals surface area contributed by atoms with Crippen LogP contribution in [0.3, 0.4) is 0 Å². The minimum absolute atomic E-state index is 0. The van der Waals surface area contributed by atoms with Crippen LogP contribution >= 0.6 is 12.4 Å². The Labute approximate surface area is 102 Å². The van der Waals surface area contributed by atoms with Gasteiger partial charge in [0, 0.05) is 6.92 Å². The van der Waals surface area contributed by atoms with Crippen LogP contribution in [0, 0.1) is 6.92 Å². The van der Waals surface area contributed by atoms with Crippen LogP contribution in [-0.4, -0.2) is 17.4 Å². The number of aromatic nitrogens is 2. The zero-order valence-corrected chi connectivity index (χ0v) is 10.8. The Morgan fingerprint density at radius 3 is 2.38 bits per heavy atom. The van der Waals surface area contributed by atoms with Crippen molar-refractivity contribution in [2.45, 2.75) is 52.1 Å². The lowest BCUT2D eigenvalue weighted by molar-refractivity contribution is -0.770. The molecule has 1 aliphatic rings. The highest BCUT2D eigenvalue weighted by molar-refractivity contribution is 5.85. The average Bonchev–Trinajstić information content (AvgIpc) is 2.49. The van der Waals surface area contributed by atoms with Gasteiger partial charge in [0.1, 0.15) is 5.88 Å². The minimum atomic E-state index is 0. The molecule has 2 atom stereocenters. The Hall–Kier alpha value is -0.970. The highest BCUT2D eigenvalue weighted by atomic mass is 35.5. The van der Waals surface area contributed by atoms with E-state index in [1.807, 2.05) is 6.92 Å². The molecule has 2 heterocycles. The Bertz CT molecular complexity index is 345. The maximum absolute atomic E-state index is 7.51. The second-order valence-corrected chi connectivity index (χ2v) is 4.39. The largest absolute Gasteiger partial charge is 0.660 e. The summed E-state index contributed by atoms with van der Waals surface area (Å²) in [7, 11) is 0. The summed E-state index contributed by atoms with van der Waals surface area (Å²) in [6.45, 7) is 6.26. The van der Waals surface area contributed by atoms with Gasteiger partial charge in [-0.1, -0.05) is 0 Å². The van der Waals surface area contributed by atoms with Gasteiger partial charge in [0.15, 0.2) is 0 Å². The lowest BCUT2D eigenvalue weighted by Crippen LogP contribution is -2.68. The summed E-state index contributed by atoms with van der Waals surface area (Å²) in [4.78, 5) is 1.75. The van der Waals surface area contributed by atoms with Gasteiger partial charge in [-0.25, -0.2) is 0 Å². The molecule has 0 aromatic carbocycles. The van der Waals surface area contributed by atoms with E-state index in [0.29, 0.717) is 12.1 Å². The Morgan fingerprint density at radius 1 is 1.38 bits per heavy atom. The molecule has 1 fully saturated rings. The molecule has 1 aliphatic heterocycles. The quantitative estimate of drug-likeness (QED) is 0.715. The summed E-state index contributed by atoms with van der Waals surface area (Å²) in [6.07, 6.45) is 3.62. The van der Waals surface area contributed by atoms with Crippen molar-refractivity contribution in [1.82, 2.24) is 5.27 Å². The molecular formula is C10H19ClN4O. The third kappa shape index (κ3) is 2.09. The molecule has 5 nitrogen and oxygen atoms in total. The van der Waals surface area contributed by atoms with E-state index < -0.39 is 0 Å². The highest BCUT2D eigenvalue weighted by Crippen LogP contribution is 2.20. The smallest absolute Gasteiger partial charge is 0.265 e. The summed E-state index contributed by atoms with van der Waals surface area (Å²) in [5.74, 6) is 0.153. The zero-order chi connectivity index (χ0) is 11.0. The van der Waals surface area contributed by atoms with Gasteiger partial charge in [-0.3, -0.25) is 0 Å². The SMILES string of the molecule is Cc1c([NH-])on[n+]1N1C(C)CCCC1C.Cl. The van der Waals surface area contributed by atoms with Crippen molar-refractivity contribution < 1.29 is 9.31 Å². The van der Waals surface area contributed by atoms with Crippen LogP contribution in [-0.2, 0) is 0 Å². The zero-order valence-electron chi connectivity index (χ0n) is 9.93. The summed E-state index contributed by atoms with van der Waals surface area (Å²) in [5, 5.41) is 6.13. The molecule has 1 saturated heterocycles. The van der Waals surface area contributed by atoms with Crippen LogP contribution in [0.5, 0.6) is 0 Å². The van der Waals surface area contributed by atoms with Crippen molar-refractivity contribution >= 4 is 18.3 Å². The molecule has 0 bridgehead atoms. The number of nitrogens with one attached hydrogen (secondary N) is 1. The van der Waals surface area contributed by atoms with E-state index in [1.54, 1.807) is 4.79 Å². The fourth-order valence-corrected chi connectivity index (χ4v) is 2.29. The number of hydrogen-bond acceptors (Lipinski definition) is 3. The van der Waals surface area contributed by atoms with Crippen LogP contribution in [0.1, 0.15) is 38.8 Å². The fraction of sp³-hybridized carbons (Fsp3) is 0.800. The fourth-order valence-electron chi connectivity index (χ4n) is 2.29. The van der Waals surface area contributed by atoms with E-state index >= 15 is 0 Å². The molecule has 1 N–H and O–H groups in total. The third-order valence-electron chi connectivity index (χ3n) is 3.20. The highest BCUT2D eigenvalue weighted by Gasteiger charge is 2.35. The molecule has 0 saturated carbocycles. The van der Waals surface area contributed by atoms with Crippen molar-refractivity contribution in [3.8, 4) is 0 Å². The first-order valence-electron chi connectivity index (χ1n) is 5.50. The van der Waals surface area contributed by atoms with E-state index in [9.17, 15) is 0 Å². The van der Waals surface area contributed by atoms with E-state index in [1.165, 1.54) is 19.3 Å². The first-order valence-corrected chi connectivity index (χ1v) is 5.50. The van der Waals surface area contributed by atoms with Crippen LogP contribution in [0.25, 0.3) is 5.73 Å². The number of halogens is 1. The minimum Gasteiger partial charge on any atom is -0.660 e. The number of nitrogens with zero attached hydrogens (tertiary/aromatic N) is 3. The van der Waals surface area contributed by atoms with Gasteiger partial charge in [0.2, 0.25) is 5.27 Å². The van der Waals surface area contributed by atoms with Gasteiger partial charge in [-0.15, -0.1) is 17.4 Å². The number of piperidine rings is 1. The molecule has 0 amide bonds. The predicted octanol–water partition coefficient (Wildman–Crippen LogP) is 2.27. The first kappa shape index (κ1) is 13.1. The molecule has 92 valence electrons. The third-order valence-corrected chi connectivity index (χ3v) is 3.20. The first-order chi connectivity index (χ1) is 7.11. The van der Waals surface area contributed by atoms with Crippen molar-refractivity contribution in [1.29, 1.82) is 0 Å². The van der Waals surface area contributed by atoms with Crippen molar-refractivity contribution in [2.24, 2.45) is 0 Å². The van der Waals surface area contributed by atoms with Gasteiger partial charge in [-0.2, -0.15) is 0 Å². The van der Waals surface area contributed by atoms with E-state index in [2.05, 4.69) is 24.1 Å². The van der Waals surface area contributed by atoms with Gasteiger partial charge < -0.3 is 10.3 Å². The van der Waals surface area contributed by atoms with E-state index in [4.69, 9.17) is 10.3 Å². The van der Waals surface area contributed by atoms with E-state index in [-0.39, 0.29) is 18.3 Å². The number of rotatable bonds is 1. The molecule has 0 aliphatic carbocycles. The maximum Gasteiger partial charge on any atom is 0.265 e. The Balaban J connectivity index is 0.00000128. The number of hydrogen-bond donors (Lipinski definition) is 0. The van der Waals surface area contributed by atoms with Gasteiger partial charge in [-0.05, 0) is 33.1 Å². The van der Waals surface area contributed by atoms with Gasteiger partial charge in [0.25, 0.3) is 5.69 Å². The standard InChI is InChI=1S/C10H18N4O.ClH/c1-7-5-4-6-8(2)13(7)14-9(3)10(11)15-12-14;/h7-8,11H,4-6H2,1-3H3;1H. The molecule has 2 unspecified atom stereocenters. The molecule has 0 spiro atoms. The molecule has 16 heavy (non-hydrogen) atoms. The maximum atomic E-state index is 7.51. The molecule has 2 rings (SSSR count). The van der Waals surface area contributed by atoms with Crippen LogP contribution in [0.15, 0.2) is 4.52 Å². The van der Waals surface area contributed by atoms with E-state index in [0.717, 1.165) is 5.69 Å². The topological polar surface area (TPSA) is 57.0 Å². The second kappa shape index (κ2) is 4.91. The summed E-state index contributed by atoms with van der Waals surface area (Å²) in [5.41, 5.74) is 8.29. The van der Waals surface area contributed by atoms with Gasteiger partial charge >= 0.3 is 0 Å². The predicted molar refractivity (Wildman–Crippen MR) is 63.7 cm³/mol. The molecule has 1 aromatic heterocycles. The van der Waals surface area contributed by atoms with Crippen LogP contribution < -0.4 is 9.80 Å². The van der Waals surface area contributed by atoms with Crippen LogP contribution in [0.4, 0.5) is 5.88 Å². The van der Waals surface area contributed by atoms with Crippen molar-refractivity contribution in [3.05, 3.63) is 11.4 Å². The van der Waals surface area contributed by atoms with Crippen molar-refractivity contribution in [2.75, 3.05) is 5.01 Å². The molecule has 1 aromatic rings. The molecular weight excluding hydrogens is 228 g/mol. The monoisotopic (exact) mass is 246 g/mol. The summed E-state index contributed by atoms with van der Waals surface area (Å²) >= 11 is 0. The average molecular weight is 247 g/mol. The van der Waals surface area contributed by atoms with Gasteiger partial charge in [0.05, 0.1) is 16.9 Å². The molecule has 0 radical (unpaired) electrons. The van der Waals surface area contributed by atoms with Crippen molar-refractivity contribution in [3.63, 3.8) is 0 Å². The lowest BCUT2D eigenvalue weighted by Gasteiger charge is -2.32. The Kier molecular flexibility index (Phi) is 4.02.